The Hall–Kier alpha value is -2.47. The smallest absolute Gasteiger partial charge is 0.271 e. The molecule has 0 saturated heterocycles. The number of ether oxygens (including phenoxy) is 1. The van der Waals surface area contributed by atoms with Gasteiger partial charge >= 0.3 is 0 Å². The molecule has 0 aliphatic heterocycles. The van der Waals surface area contributed by atoms with Crippen LogP contribution < -0.4 is 10.6 Å². The van der Waals surface area contributed by atoms with Crippen molar-refractivity contribution < 1.29 is 9.53 Å². The van der Waals surface area contributed by atoms with E-state index in [1.54, 1.807) is 19.2 Å². The van der Waals surface area contributed by atoms with E-state index in [0.717, 1.165) is 19.4 Å². The molecule has 2 aromatic rings. The summed E-state index contributed by atoms with van der Waals surface area (Å²) >= 11 is 0. The number of benzene rings is 1. The minimum atomic E-state index is -0.209. The first-order valence-corrected chi connectivity index (χ1v) is 7.68. The fourth-order valence-electron chi connectivity index (χ4n) is 2.04. The van der Waals surface area contributed by atoms with E-state index in [2.05, 4.69) is 20.8 Å². The fourth-order valence-corrected chi connectivity index (χ4v) is 2.04. The minimum Gasteiger partial charge on any atom is -0.385 e. The molecule has 0 radical (unpaired) electrons. The van der Waals surface area contributed by atoms with Gasteiger partial charge in [-0.25, -0.2) is 0 Å². The van der Waals surface area contributed by atoms with Gasteiger partial charge in [0, 0.05) is 26.8 Å². The topological polar surface area (TPSA) is 76.1 Å². The first-order valence-electron chi connectivity index (χ1n) is 7.68. The van der Waals surface area contributed by atoms with Gasteiger partial charge in [-0.15, -0.1) is 10.2 Å². The third kappa shape index (κ3) is 6.04. The molecule has 0 bridgehead atoms. The van der Waals surface area contributed by atoms with Crippen molar-refractivity contribution in [3.05, 3.63) is 53.7 Å². The molecule has 1 amide bonds. The van der Waals surface area contributed by atoms with E-state index in [-0.39, 0.29) is 5.91 Å². The van der Waals surface area contributed by atoms with E-state index in [0.29, 0.717) is 24.7 Å². The second kappa shape index (κ2) is 9.53. The first-order chi connectivity index (χ1) is 11.3. The Bertz CT molecular complexity index is 587. The number of rotatable bonds is 9. The maximum Gasteiger partial charge on any atom is 0.271 e. The summed E-state index contributed by atoms with van der Waals surface area (Å²) in [5.41, 5.74) is 1.51. The van der Waals surface area contributed by atoms with Crippen molar-refractivity contribution in [2.75, 3.05) is 32.1 Å². The molecule has 0 aliphatic rings. The lowest BCUT2D eigenvalue weighted by Gasteiger charge is -2.06. The number of amides is 1. The first kappa shape index (κ1) is 16.9. The molecule has 0 aliphatic carbocycles. The Labute approximate surface area is 136 Å². The number of anilines is 1. The molecule has 6 heteroatoms. The molecule has 6 nitrogen and oxygen atoms in total. The summed E-state index contributed by atoms with van der Waals surface area (Å²) in [5, 5.41) is 13.9. The number of hydrogen-bond acceptors (Lipinski definition) is 5. The predicted octanol–water partition coefficient (Wildman–Crippen LogP) is 1.90. The van der Waals surface area contributed by atoms with Crippen molar-refractivity contribution in [2.24, 2.45) is 0 Å². The fraction of sp³-hybridized carbons (Fsp3) is 0.353. The third-order valence-corrected chi connectivity index (χ3v) is 3.27. The van der Waals surface area contributed by atoms with E-state index in [4.69, 9.17) is 4.74 Å². The minimum absolute atomic E-state index is 0.209. The molecule has 2 N–H and O–H groups in total. The molecule has 2 rings (SSSR count). The molecule has 1 heterocycles. The zero-order chi connectivity index (χ0) is 16.3. The molecule has 0 spiro atoms. The zero-order valence-corrected chi connectivity index (χ0v) is 13.3. The summed E-state index contributed by atoms with van der Waals surface area (Å²) in [4.78, 5) is 12.0. The summed E-state index contributed by atoms with van der Waals surface area (Å²) < 4.78 is 4.97. The van der Waals surface area contributed by atoms with E-state index >= 15 is 0 Å². The Morgan fingerprint density at radius 3 is 2.61 bits per heavy atom. The van der Waals surface area contributed by atoms with Crippen LogP contribution >= 0.6 is 0 Å². The Morgan fingerprint density at radius 1 is 1.09 bits per heavy atom. The Morgan fingerprint density at radius 2 is 1.91 bits per heavy atom. The standard InChI is InChI=1S/C17H22N4O2/c1-23-13-5-11-18-16-9-8-15(20-21-16)17(22)19-12-10-14-6-3-2-4-7-14/h2-4,6-9H,5,10-13H2,1H3,(H,18,21)(H,19,22). The van der Waals surface area contributed by atoms with E-state index in [9.17, 15) is 4.79 Å². The molecular formula is C17H22N4O2. The van der Waals surface area contributed by atoms with Crippen LogP contribution in [0.3, 0.4) is 0 Å². The highest BCUT2D eigenvalue weighted by molar-refractivity contribution is 5.92. The maximum absolute atomic E-state index is 12.0. The Kier molecular flexibility index (Phi) is 7.00. The molecule has 1 aromatic carbocycles. The van der Waals surface area contributed by atoms with Crippen molar-refractivity contribution >= 4 is 11.7 Å². The van der Waals surface area contributed by atoms with Gasteiger partial charge in [-0.05, 0) is 30.5 Å². The van der Waals surface area contributed by atoms with Crippen LogP contribution in [-0.4, -0.2) is 42.9 Å². The van der Waals surface area contributed by atoms with E-state index < -0.39 is 0 Å². The van der Waals surface area contributed by atoms with Gasteiger partial charge in [-0.3, -0.25) is 4.79 Å². The quantitative estimate of drug-likeness (QED) is 0.691. The van der Waals surface area contributed by atoms with Crippen molar-refractivity contribution in [2.45, 2.75) is 12.8 Å². The lowest BCUT2D eigenvalue weighted by atomic mass is 10.1. The number of methoxy groups -OCH3 is 1. The van der Waals surface area contributed by atoms with Crippen LogP contribution in [0.25, 0.3) is 0 Å². The number of hydrogen-bond donors (Lipinski definition) is 2. The average Bonchev–Trinajstić information content (AvgIpc) is 2.60. The number of aromatic nitrogens is 2. The molecule has 1 aromatic heterocycles. The van der Waals surface area contributed by atoms with Gasteiger partial charge in [0.05, 0.1) is 0 Å². The second-order valence-corrected chi connectivity index (χ2v) is 5.07. The summed E-state index contributed by atoms with van der Waals surface area (Å²) in [7, 11) is 1.67. The summed E-state index contributed by atoms with van der Waals surface area (Å²) in [6.45, 7) is 2.02. The van der Waals surface area contributed by atoms with Crippen molar-refractivity contribution in [3.63, 3.8) is 0 Å². The van der Waals surface area contributed by atoms with Crippen molar-refractivity contribution in [3.8, 4) is 0 Å². The largest absolute Gasteiger partial charge is 0.385 e. The molecule has 122 valence electrons. The van der Waals surface area contributed by atoms with Crippen LogP contribution in [-0.2, 0) is 11.2 Å². The molecule has 0 unspecified atom stereocenters. The van der Waals surface area contributed by atoms with Gasteiger partial charge in [-0.2, -0.15) is 0 Å². The second-order valence-electron chi connectivity index (χ2n) is 5.07. The predicted molar refractivity (Wildman–Crippen MR) is 89.5 cm³/mol. The lowest BCUT2D eigenvalue weighted by molar-refractivity contribution is 0.0948. The number of carbonyl (C=O) groups excluding carboxylic acids is 1. The molecular weight excluding hydrogens is 292 g/mol. The highest BCUT2D eigenvalue weighted by atomic mass is 16.5. The number of carbonyl (C=O) groups is 1. The monoisotopic (exact) mass is 314 g/mol. The summed E-state index contributed by atoms with van der Waals surface area (Å²) in [6.07, 6.45) is 1.68. The highest BCUT2D eigenvalue weighted by Crippen LogP contribution is 2.03. The molecule has 23 heavy (non-hydrogen) atoms. The SMILES string of the molecule is COCCCNc1ccc(C(=O)NCCc2ccccc2)nn1. The lowest BCUT2D eigenvalue weighted by Crippen LogP contribution is -2.26. The average molecular weight is 314 g/mol. The van der Waals surface area contributed by atoms with Gasteiger partial charge in [0.15, 0.2) is 5.69 Å². The number of nitrogens with one attached hydrogen (secondary N) is 2. The molecule has 0 saturated carbocycles. The van der Waals surface area contributed by atoms with Crippen LogP contribution in [0.2, 0.25) is 0 Å². The highest BCUT2D eigenvalue weighted by Gasteiger charge is 2.07. The summed E-state index contributed by atoms with van der Waals surface area (Å²) in [5.74, 6) is 0.446. The number of nitrogens with zero attached hydrogens (tertiary/aromatic N) is 2. The molecule has 0 atom stereocenters. The van der Waals surface area contributed by atoms with Crippen LogP contribution in [0.1, 0.15) is 22.5 Å². The van der Waals surface area contributed by atoms with Crippen molar-refractivity contribution in [1.82, 2.24) is 15.5 Å². The maximum atomic E-state index is 12.0. The van der Waals surface area contributed by atoms with Gasteiger partial charge in [-0.1, -0.05) is 30.3 Å². The van der Waals surface area contributed by atoms with Gasteiger partial charge in [0.25, 0.3) is 5.91 Å². The Balaban J connectivity index is 1.74. The van der Waals surface area contributed by atoms with Crippen LogP contribution in [0.4, 0.5) is 5.82 Å². The molecule has 0 fully saturated rings. The van der Waals surface area contributed by atoms with Crippen molar-refractivity contribution in [1.29, 1.82) is 0 Å². The third-order valence-electron chi connectivity index (χ3n) is 3.27. The van der Waals surface area contributed by atoms with Gasteiger partial charge in [0.1, 0.15) is 5.82 Å². The van der Waals surface area contributed by atoms with E-state index in [1.807, 2.05) is 30.3 Å². The zero-order valence-electron chi connectivity index (χ0n) is 13.3. The van der Waals surface area contributed by atoms with E-state index in [1.165, 1.54) is 5.56 Å². The van der Waals surface area contributed by atoms with Crippen LogP contribution in [0, 0.1) is 0 Å². The summed E-state index contributed by atoms with van der Waals surface area (Å²) in [6, 6.07) is 13.5. The van der Waals surface area contributed by atoms with Crippen LogP contribution in [0.5, 0.6) is 0 Å². The van der Waals surface area contributed by atoms with Gasteiger partial charge in [0.2, 0.25) is 0 Å². The normalized spacial score (nSPS) is 10.3. The van der Waals surface area contributed by atoms with Crippen LogP contribution in [0.15, 0.2) is 42.5 Å². The van der Waals surface area contributed by atoms with Gasteiger partial charge < -0.3 is 15.4 Å².